The number of benzene rings is 1. The van der Waals surface area contributed by atoms with Gasteiger partial charge in [0.05, 0.1) is 5.69 Å². The van der Waals surface area contributed by atoms with E-state index in [4.69, 9.17) is 0 Å². The van der Waals surface area contributed by atoms with Crippen molar-refractivity contribution in [3.8, 4) is 22.4 Å². The molecule has 22 heavy (non-hydrogen) atoms. The lowest BCUT2D eigenvalue weighted by Crippen LogP contribution is -1.83. The molecule has 0 saturated heterocycles. The average Bonchev–Trinajstić information content (AvgIpc) is 2.99. The van der Waals surface area contributed by atoms with E-state index >= 15 is 0 Å². The van der Waals surface area contributed by atoms with E-state index in [9.17, 15) is 4.39 Å². The molecule has 0 amide bonds. The van der Waals surface area contributed by atoms with Gasteiger partial charge in [0.2, 0.25) is 0 Å². The number of aromatic amines is 1. The second-order valence-corrected chi connectivity index (χ2v) is 4.94. The van der Waals surface area contributed by atoms with E-state index in [0.717, 1.165) is 27.8 Å². The third-order valence-corrected chi connectivity index (χ3v) is 3.56. The quantitative estimate of drug-likeness (QED) is 0.610. The van der Waals surface area contributed by atoms with Crippen LogP contribution in [-0.2, 0) is 0 Å². The van der Waals surface area contributed by atoms with Crippen LogP contribution in [-0.4, -0.2) is 20.2 Å². The number of aromatic nitrogens is 4. The number of nitrogens with zero attached hydrogens (tertiary/aromatic N) is 3. The van der Waals surface area contributed by atoms with Crippen molar-refractivity contribution in [2.45, 2.75) is 0 Å². The zero-order valence-corrected chi connectivity index (χ0v) is 11.5. The molecule has 0 saturated carbocycles. The molecule has 106 valence electrons. The summed E-state index contributed by atoms with van der Waals surface area (Å²) in [5.41, 5.74) is 4.36. The van der Waals surface area contributed by atoms with Crippen molar-refractivity contribution < 1.29 is 4.39 Å². The van der Waals surface area contributed by atoms with Gasteiger partial charge in [-0.05, 0) is 48.0 Å². The van der Waals surface area contributed by atoms with E-state index in [0.29, 0.717) is 5.65 Å². The SMILES string of the molecule is Fc1ccc(-c2[nH]nc3ncc(-c4ccncc4)cc23)cc1. The van der Waals surface area contributed by atoms with Crippen LogP contribution < -0.4 is 0 Å². The van der Waals surface area contributed by atoms with Gasteiger partial charge < -0.3 is 0 Å². The van der Waals surface area contributed by atoms with Crippen molar-refractivity contribution in [3.05, 3.63) is 66.9 Å². The summed E-state index contributed by atoms with van der Waals surface area (Å²) in [6.45, 7) is 0. The second-order valence-electron chi connectivity index (χ2n) is 4.94. The maximum absolute atomic E-state index is 13.1. The van der Waals surface area contributed by atoms with Gasteiger partial charge in [-0.15, -0.1) is 0 Å². The Morgan fingerprint density at radius 3 is 2.41 bits per heavy atom. The Labute approximate surface area is 125 Å². The highest BCUT2D eigenvalue weighted by atomic mass is 19.1. The summed E-state index contributed by atoms with van der Waals surface area (Å²) in [6.07, 6.45) is 5.28. The minimum absolute atomic E-state index is 0.261. The summed E-state index contributed by atoms with van der Waals surface area (Å²) < 4.78 is 13.1. The third kappa shape index (κ3) is 2.13. The summed E-state index contributed by atoms with van der Waals surface area (Å²) in [4.78, 5) is 8.41. The number of halogens is 1. The molecule has 4 aromatic rings. The van der Waals surface area contributed by atoms with E-state index in [-0.39, 0.29) is 5.82 Å². The number of hydrogen-bond acceptors (Lipinski definition) is 3. The highest BCUT2D eigenvalue weighted by Crippen LogP contribution is 2.28. The fourth-order valence-electron chi connectivity index (χ4n) is 2.44. The Morgan fingerprint density at radius 2 is 1.64 bits per heavy atom. The van der Waals surface area contributed by atoms with Crippen LogP contribution in [0.4, 0.5) is 4.39 Å². The van der Waals surface area contributed by atoms with Crippen LogP contribution in [0.1, 0.15) is 0 Å². The van der Waals surface area contributed by atoms with Crippen LogP contribution in [0.25, 0.3) is 33.4 Å². The fraction of sp³-hybridized carbons (Fsp3) is 0. The largest absolute Gasteiger partial charge is 0.275 e. The van der Waals surface area contributed by atoms with Gasteiger partial charge in [-0.2, -0.15) is 5.10 Å². The second kappa shape index (κ2) is 5.04. The number of fused-ring (bicyclic) bond motifs is 1. The zero-order chi connectivity index (χ0) is 14.9. The molecule has 0 unspecified atom stereocenters. The smallest absolute Gasteiger partial charge is 0.181 e. The van der Waals surface area contributed by atoms with Gasteiger partial charge in [-0.25, -0.2) is 9.37 Å². The number of hydrogen-bond donors (Lipinski definition) is 1. The van der Waals surface area contributed by atoms with Gasteiger partial charge in [-0.1, -0.05) is 0 Å². The summed E-state index contributed by atoms with van der Waals surface area (Å²) in [7, 11) is 0. The molecule has 0 atom stereocenters. The first-order chi connectivity index (χ1) is 10.8. The fourth-order valence-corrected chi connectivity index (χ4v) is 2.44. The molecule has 4 nitrogen and oxygen atoms in total. The monoisotopic (exact) mass is 290 g/mol. The van der Waals surface area contributed by atoms with Gasteiger partial charge in [0.15, 0.2) is 5.65 Å². The molecule has 3 heterocycles. The van der Waals surface area contributed by atoms with E-state index in [1.54, 1.807) is 30.7 Å². The normalized spacial score (nSPS) is 11.0. The molecule has 0 fully saturated rings. The molecular weight excluding hydrogens is 279 g/mol. The summed E-state index contributed by atoms with van der Waals surface area (Å²) in [5.74, 6) is -0.261. The standard InChI is InChI=1S/C17H11FN4/c18-14-3-1-12(2-4-14)16-15-9-13(10-20-17(15)22-21-16)11-5-7-19-8-6-11/h1-10H,(H,20,21,22). The van der Waals surface area contributed by atoms with Crippen molar-refractivity contribution in [2.24, 2.45) is 0 Å². The maximum atomic E-state index is 13.1. The van der Waals surface area contributed by atoms with Crippen LogP contribution in [0, 0.1) is 5.82 Å². The minimum Gasteiger partial charge on any atom is -0.275 e. The predicted octanol–water partition coefficient (Wildman–Crippen LogP) is 3.83. The van der Waals surface area contributed by atoms with Crippen molar-refractivity contribution in [1.82, 2.24) is 20.2 Å². The van der Waals surface area contributed by atoms with Crippen LogP contribution in [0.2, 0.25) is 0 Å². The first-order valence-corrected chi connectivity index (χ1v) is 6.82. The molecule has 0 bridgehead atoms. The Kier molecular flexibility index (Phi) is 2.89. The zero-order valence-electron chi connectivity index (χ0n) is 11.5. The number of H-pyrrole nitrogens is 1. The molecule has 0 spiro atoms. The summed E-state index contributed by atoms with van der Waals surface area (Å²) in [5, 5.41) is 8.09. The van der Waals surface area contributed by atoms with Crippen molar-refractivity contribution in [2.75, 3.05) is 0 Å². The Morgan fingerprint density at radius 1 is 0.864 bits per heavy atom. The van der Waals surface area contributed by atoms with Crippen LogP contribution in [0.3, 0.4) is 0 Å². The third-order valence-electron chi connectivity index (χ3n) is 3.56. The van der Waals surface area contributed by atoms with Crippen molar-refractivity contribution in [1.29, 1.82) is 0 Å². The lowest BCUT2D eigenvalue weighted by atomic mass is 10.1. The van der Waals surface area contributed by atoms with Gasteiger partial charge >= 0.3 is 0 Å². The van der Waals surface area contributed by atoms with Crippen LogP contribution in [0.15, 0.2) is 61.1 Å². The first kappa shape index (κ1) is 12.6. The molecule has 3 aromatic heterocycles. The average molecular weight is 290 g/mol. The lowest BCUT2D eigenvalue weighted by Gasteiger charge is -2.02. The molecular formula is C17H11FN4. The van der Waals surface area contributed by atoms with E-state index in [1.807, 2.05) is 18.2 Å². The number of rotatable bonds is 2. The Hall–Kier alpha value is -3.08. The molecule has 4 rings (SSSR count). The van der Waals surface area contributed by atoms with E-state index in [2.05, 4.69) is 20.2 Å². The summed E-state index contributed by atoms with van der Waals surface area (Å²) in [6, 6.07) is 12.2. The van der Waals surface area contributed by atoms with Crippen LogP contribution >= 0.6 is 0 Å². The van der Waals surface area contributed by atoms with Gasteiger partial charge in [0, 0.05) is 35.1 Å². The Bertz CT molecular complexity index is 930. The molecule has 0 aliphatic heterocycles. The first-order valence-electron chi connectivity index (χ1n) is 6.82. The van der Waals surface area contributed by atoms with Gasteiger partial charge in [0.1, 0.15) is 5.82 Å². The lowest BCUT2D eigenvalue weighted by molar-refractivity contribution is 0.628. The van der Waals surface area contributed by atoms with Crippen molar-refractivity contribution >= 4 is 11.0 Å². The van der Waals surface area contributed by atoms with E-state index in [1.165, 1.54) is 12.1 Å². The topological polar surface area (TPSA) is 54.5 Å². The van der Waals surface area contributed by atoms with Crippen molar-refractivity contribution in [3.63, 3.8) is 0 Å². The van der Waals surface area contributed by atoms with Gasteiger partial charge in [-0.3, -0.25) is 10.1 Å². The van der Waals surface area contributed by atoms with Crippen LogP contribution in [0.5, 0.6) is 0 Å². The predicted molar refractivity (Wildman–Crippen MR) is 82.5 cm³/mol. The molecule has 0 radical (unpaired) electrons. The molecule has 0 aliphatic carbocycles. The molecule has 0 aliphatic rings. The molecule has 5 heteroatoms. The number of pyridine rings is 2. The maximum Gasteiger partial charge on any atom is 0.181 e. The van der Waals surface area contributed by atoms with E-state index < -0.39 is 0 Å². The highest BCUT2D eigenvalue weighted by Gasteiger charge is 2.10. The van der Waals surface area contributed by atoms with Gasteiger partial charge in [0.25, 0.3) is 0 Å². The number of nitrogens with one attached hydrogen (secondary N) is 1. The Balaban J connectivity index is 1.88. The molecule has 1 N–H and O–H groups in total. The summed E-state index contributed by atoms with van der Waals surface area (Å²) >= 11 is 0. The minimum atomic E-state index is -0.261. The molecule has 1 aromatic carbocycles. The highest BCUT2D eigenvalue weighted by molar-refractivity contribution is 5.93.